The fraction of sp³-hybridized carbons (Fsp3) is 0.462. The molecule has 0 bridgehead atoms. The number of rotatable bonds is 5. The number of halogens is 3. The fourth-order valence-corrected chi connectivity index (χ4v) is 2.00. The SMILES string of the molecule is CC(C)(C)NCc1cc(Cl)cc(Cl)c1OCC(N)=O.Cl. The Hall–Kier alpha value is -0.680. The number of ether oxygens (including phenoxy) is 1. The third-order valence-electron chi connectivity index (χ3n) is 2.25. The molecule has 3 N–H and O–H groups in total. The highest BCUT2D eigenvalue weighted by atomic mass is 35.5. The first-order valence-corrected chi connectivity index (χ1v) is 6.58. The van der Waals surface area contributed by atoms with Crippen LogP contribution in [0.1, 0.15) is 26.3 Å². The molecular formula is C13H19Cl3N2O2. The molecule has 1 aromatic rings. The molecule has 20 heavy (non-hydrogen) atoms. The summed E-state index contributed by atoms with van der Waals surface area (Å²) in [5.41, 5.74) is 5.79. The van der Waals surface area contributed by atoms with Crippen LogP contribution in [0.2, 0.25) is 10.0 Å². The van der Waals surface area contributed by atoms with E-state index in [1.165, 1.54) is 0 Å². The van der Waals surface area contributed by atoms with Crippen molar-refractivity contribution in [3.8, 4) is 5.75 Å². The first-order valence-electron chi connectivity index (χ1n) is 5.83. The van der Waals surface area contributed by atoms with E-state index in [9.17, 15) is 4.79 Å². The van der Waals surface area contributed by atoms with E-state index in [1.807, 2.05) is 20.8 Å². The van der Waals surface area contributed by atoms with Gasteiger partial charge in [-0.15, -0.1) is 12.4 Å². The Morgan fingerprint density at radius 2 is 1.95 bits per heavy atom. The summed E-state index contributed by atoms with van der Waals surface area (Å²) in [6.07, 6.45) is 0. The van der Waals surface area contributed by atoms with E-state index in [-0.39, 0.29) is 24.6 Å². The van der Waals surface area contributed by atoms with Crippen LogP contribution < -0.4 is 15.8 Å². The highest BCUT2D eigenvalue weighted by Gasteiger charge is 2.15. The lowest BCUT2D eigenvalue weighted by atomic mass is 10.1. The summed E-state index contributed by atoms with van der Waals surface area (Å²) in [5.74, 6) is -0.123. The van der Waals surface area contributed by atoms with Crippen LogP contribution in [0.15, 0.2) is 12.1 Å². The van der Waals surface area contributed by atoms with Gasteiger partial charge in [-0.05, 0) is 32.9 Å². The van der Waals surface area contributed by atoms with Crippen LogP contribution in [-0.4, -0.2) is 18.1 Å². The molecule has 0 aromatic heterocycles. The van der Waals surface area contributed by atoms with Gasteiger partial charge < -0.3 is 15.8 Å². The molecule has 0 spiro atoms. The Balaban J connectivity index is 0.00000361. The summed E-state index contributed by atoms with van der Waals surface area (Å²) >= 11 is 12.1. The second-order valence-corrected chi connectivity index (χ2v) is 6.08. The number of carbonyl (C=O) groups excluding carboxylic acids is 1. The Morgan fingerprint density at radius 1 is 1.35 bits per heavy atom. The minimum absolute atomic E-state index is 0. The Kier molecular flexibility index (Phi) is 7.66. The molecule has 0 aliphatic rings. The monoisotopic (exact) mass is 340 g/mol. The van der Waals surface area contributed by atoms with E-state index in [0.29, 0.717) is 22.3 Å². The zero-order chi connectivity index (χ0) is 14.6. The van der Waals surface area contributed by atoms with Gasteiger partial charge in [0.05, 0.1) is 5.02 Å². The summed E-state index contributed by atoms with van der Waals surface area (Å²) in [6, 6.07) is 3.32. The summed E-state index contributed by atoms with van der Waals surface area (Å²) < 4.78 is 5.34. The fourth-order valence-electron chi connectivity index (χ4n) is 1.41. The highest BCUT2D eigenvalue weighted by Crippen LogP contribution is 2.32. The van der Waals surface area contributed by atoms with E-state index in [1.54, 1.807) is 12.1 Å². The highest BCUT2D eigenvalue weighted by molar-refractivity contribution is 6.35. The third kappa shape index (κ3) is 6.66. The smallest absolute Gasteiger partial charge is 0.255 e. The zero-order valence-corrected chi connectivity index (χ0v) is 14.0. The number of amides is 1. The largest absolute Gasteiger partial charge is 0.482 e. The molecule has 0 fully saturated rings. The summed E-state index contributed by atoms with van der Waals surface area (Å²) in [4.78, 5) is 10.8. The molecular weight excluding hydrogens is 323 g/mol. The molecule has 114 valence electrons. The van der Waals surface area contributed by atoms with E-state index in [2.05, 4.69) is 5.32 Å². The summed E-state index contributed by atoms with van der Waals surface area (Å²) in [6.45, 7) is 6.44. The number of hydrogen-bond donors (Lipinski definition) is 2. The lowest BCUT2D eigenvalue weighted by Crippen LogP contribution is -2.35. The first-order chi connectivity index (χ1) is 8.69. The molecule has 0 saturated carbocycles. The van der Waals surface area contributed by atoms with Crippen molar-refractivity contribution in [3.63, 3.8) is 0 Å². The van der Waals surface area contributed by atoms with Crippen molar-refractivity contribution in [3.05, 3.63) is 27.7 Å². The Bertz CT molecular complexity index is 473. The maximum atomic E-state index is 10.8. The number of hydrogen-bond acceptors (Lipinski definition) is 3. The van der Waals surface area contributed by atoms with Gasteiger partial charge in [0, 0.05) is 22.7 Å². The molecule has 0 heterocycles. The van der Waals surface area contributed by atoms with Crippen LogP contribution >= 0.6 is 35.6 Å². The minimum Gasteiger partial charge on any atom is -0.482 e. The number of nitrogens with two attached hydrogens (primary N) is 1. The molecule has 1 amide bonds. The number of carbonyl (C=O) groups is 1. The third-order valence-corrected chi connectivity index (χ3v) is 2.75. The van der Waals surface area contributed by atoms with Gasteiger partial charge in [-0.3, -0.25) is 4.79 Å². The van der Waals surface area contributed by atoms with Crippen LogP contribution in [0.25, 0.3) is 0 Å². The topological polar surface area (TPSA) is 64.3 Å². The van der Waals surface area contributed by atoms with Crippen molar-refractivity contribution < 1.29 is 9.53 Å². The Labute approximate surface area is 135 Å². The molecule has 0 saturated heterocycles. The standard InChI is InChI=1S/C13H18Cl2N2O2.ClH/c1-13(2,3)17-6-8-4-9(14)5-10(15)12(8)19-7-11(16)18;/h4-5,17H,6-7H2,1-3H3,(H2,16,18);1H. The maximum absolute atomic E-state index is 10.8. The second-order valence-electron chi connectivity index (χ2n) is 5.23. The van der Waals surface area contributed by atoms with E-state index >= 15 is 0 Å². The zero-order valence-electron chi connectivity index (χ0n) is 11.6. The van der Waals surface area contributed by atoms with Crippen LogP contribution in [0.4, 0.5) is 0 Å². The van der Waals surface area contributed by atoms with Gasteiger partial charge in [0.1, 0.15) is 5.75 Å². The lowest BCUT2D eigenvalue weighted by Gasteiger charge is -2.22. The number of nitrogens with one attached hydrogen (secondary N) is 1. The van der Waals surface area contributed by atoms with Crippen LogP contribution in [0.5, 0.6) is 5.75 Å². The van der Waals surface area contributed by atoms with E-state index in [4.69, 9.17) is 33.7 Å². The normalized spacial score (nSPS) is 10.8. The Morgan fingerprint density at radius 3 is 2.45 bits per heavy atom. The number of primary amides is 1. The predicted octanol–water partition coefficient (Wildman–Crippen LogP) is 3.17. The average Bonchev–Trinajstić information content (AvgIpc) is 2.23. The molecule has 0 radical (unpaired) electrons. The van der Waals surface area contributed by atoms with Crippen LogP contribution in [0, 0.1) is 0 Å². The number of benzene rings is 1. The van der Waals surface area contributed by atoms with Crippen molar-refractivity contribution in [1.29, 1.82) is 0 Å². The van der Waals surface area contributed by atoms with Gasteiger partial charge in [-0.1, -0.05) is 23.2 Å². The predicted molar refractivity (Wildman–Crippen MR) is 85.0 cm³/mol. The molecule has 4 nitrogen and oxygen atoms in total. The molecule has 1 rings (SSSR count). The van der Waals surface area contributed by atoms with Crippen molar-refractivity contribution in [2.45, 2.75) is 32.9 Å². The van der Waals surface area contributed by atoms with Gasteiger partial charge in [0.15, 0.2) is 6.61 Å². The second kappa shape index (κ2) is 7.93. The van der Waals surface area contributed by atoms with Crippen molar-refractivity contribution >= 4 is 41.5 Å². The van der Waals surface area contributed by atoms with E-state index in [0.717, 1.165) is 5.56 Å². The minimum atomic E-state index is -0.555. The summed E-state index contributed by atoms with van der Waals surface area (Å²) in [5, 5.41) is 4.18. The van der Waals surface area contributed by atoms with Crippen LogP contribution in [-0.2, 0) is 11.3 Å². The molecule has 0 aliphatic heterocycles. The molecule has 7 heteroatoms. The maximum Gasteiger partial charge on any atom is 0.255 e. The molecule has 0 unspecified atom stereocenters. The van der Waals surface area contributed by atoms with Crippen molar-refractivity contribution in [2.24, 2.45) is 5.73 Å². The van der Waals surface area contributed by atoms with Gasteiger partial charge in [-0.25, -0.2) is 0 Å². The van der Waals surface area contributed by atoms with E-state index < -0.39 is 5.91 Å². The average molecular weight is 342 g/mol. The first kappa shape index (κ1) is 19.3. The lowest BCUT2D eigenvalue weighted by molar-refractivity contribution is -0.119. The van der Waals surface area contributed by atoms with Crippen molar-refractivity contribution in [2.75, 3.05) is 6.61 Å². The molecule has 0 aliphatic carbocycles. The van der Waals surface area contributed by atoms with Gasteiger partial charge >= 0.3 is 0 Å². The van der Waals surface area contributed by atoms with Gasteiger partial charge in [0.25, 0.3) is 5.91 Å². The van der Waals surface area contributed by atoms with Gasteiger partial charge in [0.2, 0.25) is 0 Å². The van der Waals surface area contributed by atoms with Crippen molar-refractivity contribution in [1.82, 2.24) is 5.32 Å². The summed E-state index contributed by atoms with van der Waals surface area (Å²) in [7, 11) is 0. The van der Waals surface area contributed by atoms with Crippen LogP contribution in [0.3, 0.4) is 0 Å². The van der Waals surface area contributed by atoms with Gasteiger partial charge in [-0.2, -0.15) is 0 Å². The molecule has 0 atom stereocenters. The quantitative estimate of drug-likeness (QED) is 0.864. The molecule has 1 aromatic carbocycles.